The van der Waals surface area contributed by atoms with E-state index in [0.717, 1.165) is 65.8 Å². The maximum atomic E-state index is 13.0. The highest BCUT2D eigenvalue weighted by atomic mass is 32.2. The van der Waals surface area contributed by atoms with Gasteiger partial charge in [-0.1, -0.05) is 23.9 Å². The van der Waals surface area contributed by atoms with Crippen LogP contribution in [0.15, 0.2) is 46.3 Å². The van der Waals surface area contributed by atoms with Crippen LogP contribution in [-0.2, 0) is 22.4 Å². The lowest BCUT2D eigenvalue weighted by Crippen LogP contribution is -2.36. The summed E-state index contributed by atoms with van der Waals surface area (Å²) in [5.41, 5.74) is 4.11. The van der Waals surface area contributed by atoms with Crippen LogP contribution < -0.4 is 15.8 Å². The minimum Gasteiger partial charge on any atom is -0.378 e. The second kappa shape index (κ2) is 9.43. The average molecular weight is 491 g/mol. The fourth-order valence-corrected chi connectivity index (χ4v) is 6.08. The highest BCUT2D eigenvalue weighted by Gasteiger charge is 2.31. The van der Waals surface area contributed by atoms with Crippen LogP contribution >= 0.6 is 11.8 Å². The molecule has 35 heavy (non-hydrogen) atoms. The van der Waals surface area contributed by atoms with Gasteiger partial charge in [-0.15, -0.1) is 10.2 Å². The Hall–Kier alpha value is -3.24. The number of ether oxygens (including phenoxy) is 1. The molecule has 1 aliphatic carbocycles. The molecule has 2 aliphatic heterocycles. The van der Waals surface area contributed by atoms with Crippen LogP contribution in [0.5, 0.6) is 0 Å². The van der Waals surface area contributed by atoms with E-state index < -0.39 is 0 Å². The van der Waals surface area contributed by atoms with Crippen LogP contribution in [0.3, 0.4) is 0 Å². The zero-order valence-corrected chi connectivity index (χ0v) is 20.1. The molecule has 6 rings (SSSR count). The van der Waals surface area contributed by atoms with Crippen LogP contribution in [-0.4, -0.2) is 57.7 Å². The number of carbonyl (C=O) groups excluding carboxylic acids is 1. The minimum absolute atomic E-state index is 0.0337. The van der Waals surface area contributed by atoms with Crippen molar-refractivity contribution in [3.63, 3.8) is 0 Å². The zero-order valence-electron chi connectivity index (χ0n) is 19.3. The Morgan fingerprint density at radius 1 is 1.14 bits per heavy atom. The Balaban J connectivity index is 1.14. The maximum Gasteiger partial charge on any atom is 0.257 e. The highest BCUT2D eigenvalue weighted by molar-refractivity contribution is 7.99. The van der Waals surface area contributed by atoms with Gasteiger partial charge in [-0.25, -0.2) is 4.98 Å². The molecule has 3 aromatic rings. The minimum atomic E-state index is -0.178. The molecule has 1 saturated heterocycles. The summed E-state index contributed by atoms with van der Waals surface area (Å²) < 4.78 is 7.13. The Labute approximate surface area is 206 Å². The van der Waals surface area contributed by atoms with Crippen molar-refractivity contribution in [3.8, 4) is 11.3 Å². The third-order valence-electron chi connectivity index (χ3n) is 6.72. The smallest absolute Gasteiger partial charge is 0.257 e. The molecule has 0 spiro atoms. The first-order valence-corrected chi connectivity index (χ1v) is 13.0. The number of aryl methyl sites for hydroxylation is 1. The van der Waals surface area contributed by atoms with Gasteiger partial charge in [0.2, 0.25) is 5.91 Å². The van der Waals surface area contributed by atoms with Gasteiger partial charge in [-0.05, 0) is 43.5 Å². The largest absolute Gasteiger partial charge is 0.378 e. The summed E-state index contributed by atoms with van der Waals surface area (Å²) in [6, 6.07) is 11.3. The molecule has 1 N–H and O–H groups in total. The van der Waals surface area contributed by atoms with Crippen LogP contribution in [0.2, 0.25) is 0 Å². The first-order valence-electron chi connectivity index (χ1n) is 12.0. The Morgan fingerprint density at radius 2 is 2.03 bits per heavy atom. The van der Waals surface area contributed by atoms with E-state index in [4.69, 9.17) is 4.74 Å². The van der Waals surface area contributed by atoms with Gasteiger partial charge in [0.25, 0.3) is 5.56 Å². The van der Waals surface area contributed by atoms with E-state index >= 15 is 0 Å². The number of carbonyl (C=O) groups is 1. The zero-order chi connectivity index (χ0) is 23.8. The van der Waals surface area contributed by atoms with Crippen molar-refractivity contribution in [2.24, 2.45) is 0 Å². The molecule has 1 unspecified atom stereocenters. The topological polar surface area (TPSA) is 102 Å². The molecule has 3 aliphatic rings. The van der Waals surface area contributed by atoms with Gasteiger partial charge in [-0.2, -0.15) is 0 Å². The van der Waals surface area contributed by atoms with E-state index in [1.165, 1.54) is 0 Å². The molecular formula is C25H26N6O3S. The molecule has 180 valence electrons. The first kappa shape index (κ1) is 22.2. The summed E-state index contributed by atoms with van der Waals surface area (Å²) in [5.74, 6) is 1.40. The van der Waals surface area contributed by atoms with E-state index in [2.05, 4.69) is 25.4 Å². The number of hydrogen-bond acceptors (Lipinski definition) is 8. The van der Waals surface area contributed by atoms with Gasteiger partial charge in [0.05, 0.1) is 30.6 Å². The van der Waals surface area contributed by atoms with Crippen molar-refractivity contribution >= 4 is 29.2 Å². The van der Waals surface area contributed by atoms with Crippen molar-refractivity contribution in [1.82, 2.24) is 19.7 Å². The normalized spacial score (nSPS) is 18.9. The summed E-state index contributed by atoms with van der Waals surface area (Å²) in [6.45, 7) is 3.02. The Morgan fingerprint density at radius 3 is 2.86 bits per heavy atom. The number of morpholine rings is 1. The second-order valence-electron chi connectivity index (χ2n) is 9.02. The highest BCUT2D eigenvalue weighted by Crippen LogP contribution is 2.34. The summed E-state index contributed by atoms with van der Waals surface area (Å²) in [5, 5.41) is 12.5. The summed E-state index contributed by atoms with van der Waals surface area (Å²) in [4.78, 5) is 32.7. The average Bonchev–Trinajstić information content (AvgIpc) is 3.52. The number of benzene rings is 1. The van der Waals surface area contributed by atoms with Gasteiger partial charge in [0.1, 0.15) is 0 Å². The molecule has 1 aromatic carbocycles. The third-order valence-corrected chi connectivity index (χ3v) is 7.82. The lowest BCUT2D eigenvalue weighted by Gasteiger charge is -2.27. The van der Waals surface area contributed by atoms with Crippen molar-refractivity contribution < 1.29 is 9.53 Å². The van der Waals surface area contributed by atoms with E-state index in [0.29, 0.717) is 24.7 Å². The van der Waals surface area contributed by atoms with E-state index in [-0.39, 0.29) is 23.9 Å². The summed E-state index contributed by atoms with van der Waals surface area (Å²) in [6.07, 6.45) is 2.88. The number of thioether (sulfide) groups is 1. The number of aromatic nitrogens is 4. The lowest BCUT2D eigenvalue weighted by atomic mass is 10.1. The number of rotatable bonds is 5. The monoisotopic (exact) mass is 490 g/mol. The molecule has 0 bridgehead atoms. The SMILES string of the molecule is O=C(CC1CSc2nc3c(c(=O)n21)CCC3)Nc1cccc(-c2ccc(N3CCOCC3)nn2)c1. The number of fused-ring (bicyclic) bond motifs is 2. The molecule has 2 aromatic heterocycles. The predicted octanol–water partition coefficient (Wildman–Crippen LogP) is 2.70. The molecular weight excluding hydrogens is 464 g/mol. The van der Waals surface area contributed by atoms with Gasteiger partial charge >= 0.3 is 0 Å². The van der Waals surface area contributed by atoms with E-state index in [1.54, 1.807) is 16.3 Å². The molecule has 1 fully saturated rings. The van der Waals surface area contributed by atoms with Crippen molar-refractivity contribution in [2.75, 3.05) is 42.3 Å². The van der Waals surface area contributed by atoms with Crippen molar-refractivity contribution in [2.45, 2.75) is 36.9 Å². The van der Waals surface area contributed by atoms with Crippen molar-refractivity contribution in [1.29, 1.82) is 0 Å². The molecule has 10 heteroatoms. The number of hydrogen-bond donors (Lipinski definition) is 1. The molecule has 0 radical (unpaired) electrons. The van der Waals surface area contributed by atoms with Crippen molar-refractivity contribution in [3.05, 3.63) is 58.0 Å². The molecule has 1 atom stereocenters. The molecule has 0 saturated carbocycles. The summed E-state index contributed by atoms with van der Waals surface area (Å²) >= 11 is 1.56. The maximum absolute atomic E-state index is 13.0. The number of amides is 1. The third kappa shape index (κ3) is 4.43. The molecule has 1 amide bonds. The predicted molar refractivity (Wildman–Crippen MR) is 134 cm³/mol. The van der Waals surface area contributed by atoms with E-state index in [9.17, 15) is 9.59 Å². The van der Waals surface area contributed by atoms with Crippen LogP contribution in [0.1, 0.15) is 30.1 Å². The number of nitrogens with zero attached hydrogens (tertiary/aromatic N) is 5. The number of anilines is 2. The van der Waals surface area contributed by atoms with Gasteiger partial charge in [0.15, 0.2) is 11.0 Å². The molecule has 9 nitrogen and oxygen atoms in total. The Bertz CT molecular complexity index is 1320. The van der Waals surface area contributed by atoms with Crippen LogP contribution in [0.25, 0.3) is 11.3 Å². The van der Waals surface area contributed by atoms with Gasteiger partial charge in [0, 0.05) is 42.1 Å². The van der Waals surface area contributed by atoms with E-state index in [1.807, 2.05) is 36.4 Å². The van der Waals surface area contributed by atoms with Crippen LogP contribution in [0, 0.1) is 0 Å². The van der Waals surface area contributed by atoms with Gasteiger partial charge < -0.3 is 15.0 Å². The molecule has 4 heterocycles. The van der Waals surface area contributed by atoms with Gasteiger partial charge in [-0.3, -0.25) is 14.2 Å². The standard InChI is InChI=1S/C25H26N6O3S/c32-23(14-18-15-35-25-27-21-6-2-5-19(21)24(33)31(18)25)26-17-4-1-3-16(13-17)20-7-8-22(29-28-20)30-9-11-34-12-10-30/h1,3-4,7-8,13,18H,2,5-6,9-12,14-15H2,(H,26,32). The fraction of sp³-hybridized carbons (Fsp3) is 0.400. The fourth-order valence-electron chi connectivity index (χ4n) is 4.93. The first-order chi connectivity index (χ1) is 17.2. The Kier molecular flexibility index (Phi) is 5.99. The van der Waals surface area contributed by atoms with Crippen LogP contribution in [0.4, 0.5) is 11.5 Å². The lowest BCUT2D eigenvalue weighted by molar-refractivity contribution is -0.116. The number of nitrogens with one attached hydrogen (secondary N) is 1. The quantitative estimate of drug-likeness (QED) is 0.545. The summed E-state index contributed by atoms with van der Waals surface area (Å²) in [7, 11) is 0. The second-order valence-corrected chi connectivity index (χ2v) is 10.0.